The van der Waals surface area contributed by atoms with Crippen molar-refractivity contribution in [2.24, 2.45) is 0 Å². The van der Waals surface area contributed by atoms with Gasteiger partial charge in [-0.1, -0.05) is 44.5 Å². The summed E-state index contributed by atoms with van der Waals surface area (Å²) in [6.45, 7) is 7.90. The molecule has 0 aliphatic rings. The molecule has 3 rings (SSSR count). The average Bonchev–Trinajstić information content (AvgIpc) is 2.78. The summed E-state index contributed by atoms with van der Waals surface area (Å²) in [6, 6.07) is 11.8. The van der Waals surface area contributed by atoms with Gasteiger partial charge in [0.15, 0.2) is 5.75 Å². The van der Waals surface area contributed by atoms with Crippen LogP contribution >= 0.6 is 11.6 Å². The molecule has 1 heterocycles. The second-order valence-corrected chi connectivity index (χ2v) is 9.05. The highest BCUT2D eigenvalue weighted by molar-refractivity contribution is 6.29. The van der Waals surface area contributed by atoms with Crippen LogP contribution < -0.4 is 14.8 Å². The van der Waals surface area contributed by atoms with Crippen LogP contribution in [0.25, 0.3) is 0 Å². The molecule has 0 fully saturated rings. The number of hydrogen-bond acceptors (Lipinski definition) is 6. The minimum atomic E-state index is -0.560. The van der Waals surface area contributed by atoms with Gasteiger partial charge in [-0.3, -0.25) is 4.79 Å². The highest BCUT2D eigenvalue weighted by atomic mass is 35.5. The van der Waals surface area contributed by atoms with Crippen LogP contribution in [0, 0.1) is 6.92 Å². The Bertz CT molecular complexity index is 1230. The second kappa shape index (κ2) is 10.1. The molecule has 0 aliphatic carbocycles. The number of amides is 1. The third kappa shape index (κ3) is 5.48. The van der Waals surface area contributed by atoms with Crippen molar-refractivity contribution in [1.82, 2.24) is 4.98 Å². The number of benzene rings is 2. The zero-order valence-corrected chi connectivity index (χ0v) is 20.7. The molecule has 0 radical (unpaired) electrons. The monoisotopic (exact) mass is 482 g/mol. The number of hydrogen-bond donors (Lipinski definition) is 1. The van der Waals surface area contributed by atoms with Crippen molar-refractivity contribution in [1.29, 1.82) is 0 Å². The van der Waals surface area contributed by atoms with Gasteiger partial charge in [-0.2, -0.15) is 0 Å². The Kier molecular flexibility index (Phi) is 7.47. The van der Waals surface area contributed by atoms with Crippen molar-refractivity contribution in [3.05, 3.63) is 76.1 Å². The number of aryl methyl sites for hydroxylation is 1. The quantitative estimate of drug-likeness (QED) is 0.333. The van der Waals surface area contributed by atoms with Crippen LogP contribution in [-0.2, 0) is 10.2 Å². The molecule has 1 amide bonds. The molecule has 178 valence electrons. The molecule has 1 N–H and O–H groups in total. The fourth-order valence-corrected chi connectivity index (χ4v) is 3.59. The van der Waals surface area contributed by atoms with E-state index >= 15 is 0 Å². The van der Waals surface area contributed by atoms with Crippen LogP contribution in [0.2, 0.25) is 5.15 Å². The third-order valence-electron chi connectivity index (χ3n) is 5.19. The van der Waals surface area contributed by atoms with E-state index in [2.05, 4.69) is 10.3 Å². The first kappa shape index (κ1) is 25.1. The number of halogens is 1. The number of ether oxygens (including phenoxy) is 3. The molecule has 0 atom stereocenters. The van der Waals surface area contributed by atoms with Gasteiger partial charge < -0.3 is 19.5 Å². The molecule has 1 aromatic heterocycles. The summed E-state index contributed by atoms with van der Waals surface area (Å²) in [5, 5.41) is 3.24. The van der Waals surface area contributed by atoms with Gasteiger partial charge in [-0.05, 0) is 47.7 Å². The predicted molar refractivity (Wildman–Crippen MR) is 131 cm³/mol. The van der Waals surface area contributed by atoms with E-state index in [1.54, 1.807) is 42.5 Å². The van der Waals surface area contributed by atoms with Crippen LogP contribution in [0.5, 0.6) is 17.2 Å². The average molecular weight is 483 g/mol. The number of nitrogens with zero attached hydrogens (tertiary/aromatic N) is 1. The Morgan fingerprint density at radius 1 is 1.03 bits per heavy atom. The first-order valence-electron chi connectivity index (χ1n) is 10.6. The maximum absolute atomic E-state index is 13.3. The minimum absolute atomic E-state index is 0.218. The number of methoxy groups -OCH3 is 2. The van der Waals surface area contributed by atoms with E-state index in [4.69, 9.17) is 25.8 Å². The van der Waals surface area contributed by atoms with E-state index in [0.29, 0.717) is 27.9 Å². The Morgan fingerprint density at radius 2 is 1.76 bits per heavy atom. The molecule has 0 bridgehead atoms. The van der Waals surface area contributed by atoms with Crippen molar-refractivity contribution >= 4 is 29.2 Å². The summed E-state index contributed by atoms with van der Waals surface area (Å²) < 4.78 is 16.4. The summed E-state index contributed by atoms with van der Waals surface area (Å²) >= 11 is 5.95. The number of esters is 1. The third-order valence-corrected chi connectivity index (χ3v) is 5.40. The van der Waals surface area contributed by atoms with Crippen LogP contribution in [-0.4, -0.2) is 31.1 Å². The van der Waals surface area contributed by atoms with Crippen molar-refractivity contribution in [2.45, 2.75) is 33.1 Å². The fraction of sp³-hybridized carbons (Fsp3) is 0.269. The molecule has 7 nitrogen and oxygen atoms in total. The SMILES string of the molecule is COC(=O)c1ccc(C(C)(C)C)c(NC(=O)c2ccc(C)c(Oc3ccnc(Cl)c3)c2)c1OC. The Balaban J connectivity index is 2.01. The smallest absolute Gasteiger partial charge is 0.341 e. The topological polar surface area (TPSA) is 86.8 Å². The van der Waals surface area contributed by atoms with Crippen molar-refractivity contribution in [2.75, 3.05) is 19.5 Å². The van der Waals surface area contributed by atoms with Crippen molar-refractivity contribution in [3.8, 4) is 17.2 Å². The summed E-state index contributed by atoms with van der Waals surface area (Å²) in [6.07, 6.45) is 1.54. The molecule has 0 spiro atoms. The number of rotatable bonds is 6. The maximum atomic E-state index is 13.3. The highest BCUT2D eigenvalue weighted by Crippen LogP contribution is 2.39. The maximum Gasteiger partial charge on any atom is 0.341 e. The summed E-state index contributed by atoms with van der Waals surface area (Å²) in [4.78, 5) is 29.6. The lowest BCUT2D eigenvalue weighted by Gasteiger charge is -2.26. The van der Waals surface area contributed by atoms with Gasteiger partial charge >= 0.3 is 5.97 Å². The molecular formula is C26H27ClN2O5. The molecular weight excluding hydrogens is 456 g/mol. The lowest BCUT2D eigenvalue weighted by molar-refractivity contribution is 0.0596. The molecule has 3 aromatic rings. The first-order valence-corrected chi connectivity index (χ1v) is 10.9. The largest absolute Gasteiger partial charge is 0.494 e. The summed E-state index contributed by atoms with van der Waals surface area (Å²) in [7, 11) is 2.74. The van der Waals surface area contributed by atoms with Gasteiger partial charge in [0.05, 0.1) is 19.9 Å². The van der Waals surface area contributed by atoms with Crippen LogP contribution in [0.3, 0.4) is 0 Å². The highest BCUT2D eigenvalue weighted by Gasteiger charge is 2.27. The molecule has 0 aliphatic heterocycles. The van der Waals surface area contributed by atoms with Gasteiger partial charge in [0.1, 0.15) is 22.2 Å². The van der Waals surface area contributed by atoms with E-state index in [-0.39, 0.29) is 22.6 Å². The fourth-order valence-electron chi connectivity index (χ4n) is 3.43. The van der Waals surface area contributed by atoms with E-state index in [9.17, 15) is 9.59 Å². The zero-order chi connectivity index (χ0) is 25.0. The van der Waals surface area contributed by atoms with Gasteiger partial charge in [0.2, 0.25) is 0 Å². The van der Waals surface area contributed by atoms with Gasteiger partial charge in [0.25, 0.3) is 5.91 Å². The number of pyridine rings is 1. The first-order chi connectivity index (χ1) is 16.0. The standard InChI is InChI=1S/C26H27ClN2O5/c1-15-7-8-16(13-20(15)34-17-11-12-28-21(27)14-17)24(30)29-22-19(26(2,3)4)10-9-18(23(22)32-5)25(31)33-6/h7-14H,1-6H3,(H,29,30). The van der Waals surface area contributed by atoms with Gasteiger partial charge in [0, 0.05) is 17.8 Å². The number of carbonyl (C=O) groups is 2. The molecule has 8 heteroatoms. The number of nitrogens with one attached hydrogen (secondary N) is 1. The summed E-state index contributed by atoms with van der Waals surface area (Å²) in [5.74, 6) is 0.297. The van der Waals surface area contributed by atoms with E-state index in [1.165, 1.54) is 20.4 Å². The minimum Gasteiger partial charge on any atom is -0.494 e. The lowest BCUT2D eigenvalue weighted by Crippen LogP contribution is -2.21. The van der Waals surface area contributed by atoms with E-state index < -0.39 is 5.97 Å². The molecule has 2 aromatic carbocycles. The Labute approximate surface area is 204 Å². The van der Waals surface area contributed by atoms with Crippen LogP contribution in [0.15, 0.2) is 48.7 Å². The second-order valence-electron chi connectivity index (χ2n) is 8.66. The zero-order valence-electron chi connectivity index (χ0n) is 20.0. The van der Waals surface area contributed by atoms with Crippen LogP contribution in [0.4, 0.5) is 5.69 Å². The van der Waals surface area contributed by atoms with E-state index in [1.807, 2.05) is 27.7 Å². The van der Waals surface area contributed by atoms with Crippen LogP contribution in [0.1, 0.15) is 52.6 Å². The number of carbonyl (C=O) groups excluding carboxylic acids is 2. The van der Waals surface area contributed by atoms with Gasteiger partial charge in [-0.15, -0.1) is 0 Å². The lowest BCUT2D eigenvalue weighted by atomic mass is 9.84. The molecule has 0 saturated heterocycles. The van der Waals surface area contributed by atoms with E-state index in [0.717, 1.165) is 11.1 Å². The predicted octanol–water partition coefficient (Wildman–Crippen LogP) is 6.18. The summed E-state index contributed by atoms with van der Waals surface area (Å²) in [5.41, 5.74) is 2.30. The number of anilines is 1. The molecule has 0 saturated carbocycles. The van der Waals surface area contributed by atoms with Crippen molar-refractivity contribution in [3.63, 3.8) is 0 Å². The normalized spacial score (nSPS) is 11.0. The van der Waals surface area contributed by atoms with Crippen molar-refractivity contribution < 1.29 is 23.8 Å². The Morgan fingerprint density at radius 3 is 2.38 bits per heavy atom. The molecule has 0 unspecified atom stereocenters. The molecule has 34 heavy (non-hydrogen) atoms. The van der Waals surface area contributed by atoms with Gasteiger partial charge in [-0.25, -0.2) is 9.78 Å². The number of aromatic nitrogens is 1. The Hall–Kier alpha value is -3.58.